The number of thiophene rings is 1. The van der Waals surface area contributed by atoms with Crippen molar-refractivity contribution in [3.63, 3.8) is 0 Å². The Labute approximate surface area is 159 Å². The number of carbonyl (C=O) groups is 1. The monoisotopic (exact) mass is 379 g/mol. The number of nitrogens with zero attached hydrogens (tertiary/aromatic N) is 6. The van der Waals surface area contributed by atoms with Gasteiger partial charge in [-0.3, -0.25) is 9.48 Å². The molecule has 0 saturated heterocycles. The molecule has 0 radical (unpaired) electrons. The molecule has 0 aliphatic carbocycles. The van der Waals surface area contributed by atoms with Crippen LogP contribution in [0, 0.1) is 6.92 Å². The van der Waals surface area contributed by atoms with Gasteiger partial charge < -0.3 is 5.32 Å². The summed E-state index contributed by atoms with van der Waals surface area (Å²) in [5.41, 5.74) is 2.39. The van der Waals surface area contributed by atoms with E-state index in [2.05, 4.69) is 25.7 Å². The van der Waals surface area contributed by atoms with Crippen molar-refractivity contribution < 1.29 is 4.79 Å². The fourth-order valence-electron chi connectivity index (χ4n) is 2.58. The minimum Gasteiger partial charge on any atom is -0.309 e. The Morgan fingerprint density at radius 3 is 2.89 bits per heavy atom. The first-order valence-corrected chi connectivity index (χ1v) is 9.22. The molecular weight excluding hydrogens is 362 g/mol. The number of carbonyl (C=O) groups excluding carboxylic acids is 1. The maximum Gasteiger partial charge on any atom is 0.247 e. The lowest BCUT2D eigenvalue weighted by molar-refractivity contribution is -0.116. The van der Waals surface area contributed by atoms with Gasteiger partial charge in [0.2, 0.25) is 5.91 Å². The summed E-state index contributed by atoms with van der Waals surface area (Å²) < 4.78 is 3.34. The van der Waals surface area contributed by atoms with Gasteiger partial charge in [-0.2, -0.15) is 20.4 Å². The smallest absolute Gasteiger partial charge is 0.247 e. The van der Waals surface area contributed by atoms with Gasteiger partial charge in [0, 0.05) is 22.7 Å². The van der Waals surface area contributed by atoms with Crippen molar-refractivity contribution in [1.29, 1.82) is 0 Å². The molecule has 0 fully saturated rings. The zero-order valence-corrected chi connectivity index (χ0v) is 15.4. The van der Waals surface area contributed by atoms with Crippen LogP contribution >= 0.6 is 11.3 Å². The average molecular weight is 379 g/mol. The van der Waals surface area contributed by atoms with Gasteiger partial charge in [0.25, 0.3) is 0 Å². The first-order valence-electron chi connectivity index (χ1n) is 8.34. The summed E-state index contributed by atoms with van der Waals surface area (Å²) in [6, 6.07) is 9.59. The van der Waals surface area contributed by atoms with Crippen molar-refractivity contribution in [1.82, 2.24) is 29.8 Å². The topological polar surface area (TPSA) is 90.5 Å². The van der Waals surface area contributed by atoms with Crippen LogP contribution in [-0.4, -0.2) is 35.7 Å². The van der Waals surface area contributed by atoms with Crippen LogP contribution in [0.4, 0.5) is 5.82 Å². The molecule has 8 nitrogen and oxygen atoms in total. The number of aryl methyl sites for hydroxylation is 1. The Balaban J connectivity index is 1.40. The standard InChI is InChI=1S/C18H17N7OS/c1-13-4-5-16(23-22-13)14-9-20-24(10-14)12-18(26)21-17-6-7-19-25(17)11-15-3-2-8-27-15/h2-10H,11-12H2,1H3,(H,21,26). The molecule has 0 atom stereocenters. The van der Waals surface area contributed by atoms with Crippen LogP contribution in [0.2, 0.25) is 0 Å². The minimum atomic E-state index is -0.174. The number of anilines is 1. The van der Waals surface area contributed by atoms with E-state index in [0.29, 0.717) is 12.4 Å². The molecule has 0 aromatic carbocycles. The molecule has 0 bridgehead atoms. The second-order valence-electron chi connectivity index (χ2n) is 5.99. The molecule has 9 heteroatoms. The van der Waals surface area contributed by atoms with Gasteiger partial charge >= 0.3 is 0 Å². The summed E-state index contributed by atoms with van der Waals surface area (Å²) in [5.74, 6) is 0.484. The van der Waals surface area contributed by atoms with E-state index in [1.54, 1.807) is 45.4 Å². The molecule has 27 heavy (non-hydrogen) atoms. The zero-order valence-electron chi connectivity index (χ0n) is 14.6. The molecular formula is C18H17N7OS. The molecule has 0 aliphatic rings. The van der Waals surface area contributed by atoms with Crippen molar-refractivity contribution in [3.8, 4) is 11.3 Å². The number of nitrogens with one attached hydrogen (secondary N) is 1. The molecule has 0 unspecified atom stereocenters. The summed E-state index contributed by atoms with van der Waals surface area (Å²) in [6.07, 6.45) is 5.13. The van der Waals surface area contributed by atoms with Gasteiger partial charge in [-0.25, -0.2) is 4.68 Å². The fourth-order valence-corrected chi connectivity index (χ4v) is 3.27. The third kappa shape index (κ3) is 4.09. The van der Waals surface area contributed by atoms with E-state index in [4.69, 9.17) is 0 Å². The Hall–Kier alpha value is -3.33. The van der Waals surface area contributed by atoms with Gasteiger partial charge in [0.05, 0.1) is 30.3 Å². The molecule has 4 heterocycles. The molecule has 0 spiro atoms. The number of aromatic nitrogens is 6. The first-order chi connectivity index (χ1) is 13.2. The maximum atomic E-state index is 12.4. The molecule has 4 aromatic heterocycles. The minimum absolute atomic E-state index is 0.101. The van der Waals surface area contributed by atoms with Crippen LogP contribution in [0.25, 0.3) is 11.3 Å². The van der Waals surface area contributed by atoms with Gasteiger partial charge in [-0.15, -0.1) is 11.3 Å². The van der Waals surface area contributed by atoms with Crippen LogP contribution in [-0.2, 0) is 17.9 Å². The summed E-state index contributed by atoms with van der Waals surface area (Å²) >= 11 is 1.65. The lowest BCUT2D eigenvalue weighted by Crippen LogP contribution is -2.21. The van der Waals surface area contributed by atoms with E-state index < -0.39 is 0 Å². The number of amides is 1. The largest absolute Gasteiger partial charge is 0.309 e. The van der Waals surface area contributed by atoms with Crippen molar-refractivity contribution in [3.05, 3.63) is 64.9 Å². The number of hydrogen-bond acceptors (Lipinski definition) is 6. The highest BCUT2D eigenvalue weighted by atomic mass is 32.1. The Morgan fingerprint density at radius 1 is 1.19 bits per heavy atom. The van der Waals surface area contributed by atoms with Gasteiger partial charge in [-0.05, 0) is 30.5 Å². The van der Waals surface area contributed by atoms with E-state index in [0.717, 1.165) is 17.0 Å². The molecule has 0 saturated carbocycles. The van der Waals surface area contributed by atoms with E-state index in [-0.39, 0.29) is 12.5 Å². The molecule has 0 aliphatic heterocycles. The van der Waals surface area contributed by atoms with Crippen LogP contribution in [0.3, 0.4) is 0 Å². The Morgan fingerprint density at radius 2 is 2.11 bits per heavy atom. The van der Waals surface area contributed by atoms with Crippen LogP contribution in [0.15, 0.2) is 54.3 Å². The summed E-state index contributed by atoms with van der Waals surface area (Å²) in [6.45, 7) is 2.61. The van der Waals surface area contributed by atoms with Crippen LogP contribution in [0.1, 0.15) is 10.6 Å². The second kappa shape index (κ2) is 7.50. The lowest BCUT2D eigenvalue weighted by Gasteiger charge is -2.08. The Bertz CT molecular complexity index is 1030. The SMILES string of the molecule is Cc1ccc(-c2cnn(CC(=O)Nc3ccnn3Cc3cccs3)c2)nn1. The lowest BCUT2D eigenvalue weighted by atomic mass is 10.2. The summed E-state index contributed by atoms with van der Waals surface area (Å²) in [4.78, 5) is 13.6. The number of rotatable bonds is 6. The Kier molecular flexibility index (Phi) is 4.75. The maximum absolute atomic E-state index is 12.4. The van der Waals surface area contributed by atoms with E-state index in [1.807, 2.05) is 36.6 Å². The fraction of sp³-hybridized carbons (Fsp3) is 0.167. The molecule has 136 valence electrons. The van der Waals surface area contributed by atoms with E-state index in [9.17, 15) is 4.79 Å². The zero-order chi connectivity index (χ0) is 18.6. The highest BCUT2D eigenvalue weighted by Gasteiger charge is 2.11. The summed E-state index contributed by atoms with van der Waals surface area (Å²) in [5, 5.41) is 21.6. The summed E-state index contributed by atoms with van der Waals surface area (Å²) in [7, 11) is 0. The average Bonchev–Trinajstić information content (AvgIpc) is 3.40. The third-order valence-corrected chi connectivity index (χ3v) is 4.76. The third-order valence-electron chi connectivity index (χ3n) is 3.90. The van der Waals surface area contributed by atoms with Gasteiger partial charge in [0.1, 0.15) is 12.4 Å². The first kappa shape index (κ1) is 17.1. The van der Waals surface area contributed by atoms with Crippen molar-refractivity contribution >= 4 is 23.1 Å². The van der Waals surface area contributed by atoms with Crippen molar-refractivity contribution in [2.45, 2.75) is 20.0 Å². The van der Waals surface area contributed by atoms with Crippen molar-refractivity contribution in [2.75, 3.05) is 5.32 Å². The van der Waals surface area contributed by atoms with Gasteiger partial charge in [0.15, 0.2) is 0 Å². The predicted molar refractivity (Wildman–Crippen MR) is 102 cm³/mol. The second-order valence-corrected chi connectivity index (χ2v) is 7.02. The van der Waals surface area contributed by atoms with Crippen LogP contribution < -0.4 is 5.32 Å². The quantitative estimate of drug-likeness (QED) is 0.556. The number of hydrogen-bond donors (Lipinski definition) is 1. The van der Waals surface area contributed by atoms with E-state index in [1.165, 1.54) is 4.88 Å². The van der Waals surface area contributed by atoms with Crippen molar-refractivity contribution in [2.24, 2.45) is 0 Å². The van der Waals surface area contributed by atoms with Crippen LogP contribution in [0.5, 0.6) is 0 Å². The molecule has 4 aromatic rings. The molecule has 1 amide bonds. The molecule has 1 N–H and O–H groups in total. The predicted octanol–water partition coefficient (Wildman–Crippen LogP) is 2.59. The highest BCUT2D eigenvalue weighted by molar-refractivity contribution is 7.09. The molecule has 4 rings (SSSR count). The van der Waals surface area contributed by atoms with E-state index >= 15 is 0 Å². The van der Waals surface area contributed by atoms with Gasteiger partial charge in [-0.1, -0.05) is 6.07 Å². The highest BCUT2D eigenvalue weighted by Crippen LogP contribution is 2.16. The normalized spacial score (nSPS) is 10.9.